The van der Waals surface area contributed by atoms with Crippen LogP contribution >= 0.6 is 23.7 Å². The first-order valence-corrected chi connectivity index (χ1v) is 5.06. The fourth-order valence-corrected chi connectivity index (χ4v) is 1.61. The van der Waals surface area contributed by atoms with E-state index in [0.29, 0.717) is 10.6 Å². The highest BCUT2D eigenvalue weighted by Crippen LogP contribution is 2.23. The van der Waals surface area contributed by atoms with E-state index in [2.05, 4.69) is 4.74 Å². The van der Waals surface area contributed by atoms with Crippen molar-refractivity contribution >= 4 is 35.5 Å². The van der Waals surface area contributed by atoms with Gasteiger partial charge in [0.15, 0.2) is 17.5 Å². The minimum atomic E-state index is -0.463. The molecular weight excluding hydrogens is 254 g/mol. The summed E-state index contributed by atoms with van der Waals surface area (Å²) in [6.07, 6.45) is 0. The molecule has 0 aliphatic carbocycles. The second-order valence-corrected chi connectivity index (χ2v) is 3.52. The minimum absolute atomic E-state index is 0. The van der Waals surface area contributed by atoms with Gasteiger partial charge in [0.25, 0.3) is 0 Å². The number of rotatable bonds is 5. The average molecular weight is 266 g/mol. The lowest BCUT2D eigenvalue weighted by atomic mass is 10.2. The molecule has 0 radical (unpaired) electrons. The van der Waals surface area contributed by atoms with E-state index < -0.39 is 5.97 Å². The van der Waals surface area contributed by atoms with Crippen LogP contribution in [0.15, 0.2) is 11.4 Å². The number of nitrogens with two attached hydrogens (primary N) is 1. The molecule has 1 rings (SSSR count). The molecule has 0 aliphatic heterocycles. The number of esters is 1. The molecule has 7 heteroatoms. The molecule has 0 aromatic carbocycles. The lowest BCUT2D eigenvalue weighted by Gasteiger charge is -2.00. The molecule has 90 valence electrons. The fraction of sp³-hybridized carbons (Fsp3) is 0.333. The maximum atomic E-state index is 11.2. The normalized spacial score (nSPS) is 9.12. The highest BCUT2D eigenvalue weighted by Gasteiger charge is 2.08. The van der Waals surface area contributed by atoms with Gasteiger partial charge in [-0.3, -0.25) is 4.79 Å². The van der Waals surface area contributed by atoms with Gasteiger partial charge in [-0.1, -0.05) is 0 Å². The van der Waals surface area contributed by atoms with Crippen LogP contribution < -0.4 is 10.5 Å². The number of thiophene rings is 1. The molecule has 1 aromatic rings. The first-order chi connectivity index (χ1) is 7.17. The first kappa shape index (κ1) is 14.9. The summed E-state index contributed by atoms with van der Waals surface area (Å²) in [6, 6.07) is 1.56. The third-order valence-corrected chi connectivity index (χ3v) is 2.48. The van der Waals surface area contributed by atoms with E-state index in [1.54, 1.807) is 11.4 Å². The topological polar surface area (TPSA) is 78.6 Å². The van der Waals surface area contributed by atoms with Crippen molar-refractivity contribution in [2.24, 2.45) is 5.73 Å². The molecule has 2 N–H and O–H groups in total. The smallest absolute Gasteiger partial charge is 0.343 e. The van der Waals surface area contributed by atoms with E-state index in [1.807, 2.05) is 0 Å². The van der Waals surface area contributed by atoms with Crippen LogP contribution in [0.1, 0.15) is 10.4 Å². The summed E-state index contributed by atoms with van der Waals surface area (Å²) in [4.78, 5) is 21.9. The van der Waals surface area contributed by atoms with Gasteiger partial charge in [0, 0.05) is 17.0 Å². The molecule has 5 nitrogen and oxygen atoms in total. The Morgan fingerprint density at radius 2 is 2.19 bits per heavy atom. The van der Waals surface area contributed by atoms with E-state index in [9.17, 15) is 9.59 Å². The van der Waals surface area contributed by atoms with Crippen molar-refractivity contribution in [2.75, 3.05) is 20.3 Å². The zero-order valence-electron chi connectivity index (χ0n) is 8.60. The number of hydrogen-bond donors (Lipinski definition) is 1. The fourth-order valence-electron chi connectivity index (χ4n) is 0.845. The lowest BCUT2D eigenvalue weighted by Crippen LogP contribution is -2.13. The van der Waals surface area contributed by atoms with Gasteiger partial charge in [0.2, 0.25) is 0 Å². The summed E-state index contributed by atoms with van der Waals surface area (Å²) in [5.74, 6) is -0.616. The predicted octanol–water partition coefficient (Wildman–Crippen LogP) is 0.863. The van der Waals surface area contributed by atoms with Gasteiger partial charge >= 0.3 is 5.97 Å². The van der Waals surface area contributed by atoms with E-state index in [4.69, 9.17) is 10.5 Å². The standard InChI is InChI=1S/C9H11NO4S.ClH/c1-13-8(12)4-14-9-2-6(5-15-9)7(11)3-10;/h2,5H,3-4,10H2,1H3;1H. The Hall–Kier alpha value is -1.11. The van der Waals surface area contributed by atoms with Gasteiger partial charge < -0.3 is 15.2 Å². The Bertz CT molecular complexity index is 366. The highest BCUT2D eigenvalue weighted by molar-refractivity contribution is 7.12. The van der Waals surface area contributed by atoms with Crippen LogP contribution in [0.5, 0.6) is 5.06 Å². The van der Waals surface area contributed by atoms with Crippen molar-refractivity contribution in [3.05, 3.63) is 17.0 Å². The summed E-state index contributed by atoms with van der Waals surface area (Å²) < 4.78 is 9.49. The summed E-state index contributed by atoms with van der Waals surface area (Å²) in [7, 11) is 1.28. The quantitative estimate of drug-likeness (QED) is 0.631. The molecular formula is C9H12ClNO4S. The van der Waals surface area contributed by atoms with Crippen molar-refractivity contribution in [3.8, 4) is 5.06 Å². The molecule has 0 bridgehead atoms. The van der Waals surface area contributed by atoms with Crippen LogP contribution in [-0.4, -0.2) is 32.0 Å². The van der Waals surface area contributed by atoms with Gasteiger partial charge in [-0.05, 0) is 0 Å². The van der Waals surface area contributed by atoms with Gasteiger partial charge in [0.05, 0.1) is 13.7 Å². The highest BCUT2D eigenvalue weighted by atomic mass is 35.5. The van der Waals surface area contributed by atoms with Gasteiger partial charge in [-0.2, -0.15) is 0 Å². The number of methoxy groups -OCH3 is 1. The Morgan fingerprint density at radius 1 is 1.50 bits per heavy atom. The van der Waals surface area contributed by atoms with E-state index in [0.717, 1.165) is 0 Å². The molecule has 1 aromatic heterocycles. The Labute approximate surface area is 103 Å². The molecule has 0 unspecified atom stereocenters. The van der Waals surface area contributed by atoms with Crippen LogP contribution in [-0.2, 0) is 9.53 Å². The van der Waals surface area contributed by atoms with Crippen molar-refractivity contribution in [3.63, 3.8) is 0 Å². The second kappa shape index (κ2) is 7.21. The monoisotopic (exact) mass is 265 g/mol. The number of carbonyl (C=O) groups is 2. The summed E-state index contributed by atoms with van der Waals surface area (Å²) in [5, 5.41) is 2.14. The summed E-state index contributed by atoms with van der Waals surface area (Å²) in [6.45, 7) is -0.194. The van der Waals surface area contributed by atoms with Crippen molar-refractivity contribution in [1.29, 1.82) is 0 Å². The molecule has 16 heavy (non-hydrogen) atoms. The number of Topliss-reactive ketones (excluding diaryl/α,β-unsaturated/α-hetero) is 1. The van der Waals surface area contributed by atoms with Crippen LogP contribution in [0.2, 0.25) is 0 Å². The zero-order chi connectivity index (χ0) is 11.3. The number of hydrogen-bond acceptors (Lipinski definition) is 6. The summed E-state index contributed by atoms with van der Waals surface area (Å²) in [5.41, 5.74) is 5.70. The molecule has 0 aliphatic rings. The SMILES string of the molecule is COC(=O)COc1cc(C(=O)CN)cs1.Cl. The molecule has 0 fully saturated rings. The number of ketones is 1. The van der Waals surface area contributed by atoms with Gasteiger partial charge in [-0.25, -0.2) is 4.79 Å². The van der Waals surface area contributed by atoms with Gasteiger partial charge in [-0.15, -0.1) is 23.7 Å². The molecule has 0 atom stereocenters. The van der Waals surface area contributed by atoms with E-state index in [1.165, 1.54) is 18.4 Å². The molecule has 0 saturated heterocycles. The van der Waals surface area contributed by atoms with Crippen molar-refractivity contribution < 1.29 is 19.1 Å². The maximum absolute atomic E-state index is 11.2. The average Bonchev–Trinajstić information content (AvgIpc) is 2.73. The minimum Gasteiger partial charge on any atom is -0.472 e. The Morgan fingerprint density at radius 3 is 2.75 bits per heavy atom. The van der Waals surface area contributed by atoms with Crippen LogP contribution in [0.3, 0.4) is 0 Å². The lowest BCUT2D eigenvalue weighted by molar-refractivity contribution is -0.142. The van der Waals surface area contributed by atoms with E-state index in [-0.39, 0.29) is 31.3 Å². The molecule has 0 spiro atoms. The number of ether oxygens (including phenoxy) is 2. The maximum Gasteiger partial charge on any atom is 0.343 e. The Balaban J connectivity index is 0.00000225. The van der Waals surface area contributed by atoms with Gasteiger partial charge in [0.1, 0.15) is 0 Å². The van der Waals surface area contributed by atoms with Crippen LogP contribution in [0.25, 0.3) is 0 Å². The Kier molecular flexibility index (Phi) is 6.71. The third-order valence-electron chi connectivity index (χ3n) is 1.64. The van der Waals surface area contributed by atoms with Crippen LogP contribution in [0.4, 0.5) is 0 Å². The van der Waals surface area contributed by atoms with Crippen LogP contribution in [0, 0.1) is 0 Å². The van der Waals surface area contributed by atoms with Crippen molar-refractivity contribution in [1.82, 2.24) is 0 Å². The summed E-state index contributed by atoms with van der Waals surface area (Å²) >= 11 is 1.24. The zero-order valence-corrected chi connectivity index (χ0v) is 10.2. The second-order valence-electron chi connectivity index (χ2n) is 2.65. The number of carbonyl (C=O) groups excluding carboxylic acids is 2. The third kappa shape index (κ3) is 4.18. The van der Waals surface area contributed by atoms with E-state index >= 15 is 0 Å². The number of halogens is 1. The van der Waals surface area contributed by atoms with Crippen molar-refractivity contribution in [2.45, 2.75) is 0 Å². The first-order valence-electron chi connectivity index (χ1n) is 4.18. The molecule has 0 amide bonds. The largest absolute Gasteiger partial charge is 0.472 e. The predicted molar refractivity (Wildman–Crippen MR) is 62.5 cm³/mol. The molecule has 1 heterocycles. The molecule has 0 saturated carbocycles.